The Hall–Kier alpha value is -1.32. The predicted molar refractivity (Wildman–Crippen MR) is 75.6 cm³/mol. The minimum Gasteiger partial charge on any atom is -0.383 e. The molecule has 0 saturated heterocycles. The fraction of sp³-hybridized carbons (Fsp3) is 0.714. The third-order valence-electron chi connectivity index (χ3n) is 3.87. The standard InChI is InChI=1S/C14H24N4/c1-10-13(15)17-11(2)18-14(10)16-9-8-12-6-4-3-5-7-12/h12H,3-9H2,1-2H3,(H3,15,16,17,18). The maximum absolute atomic E-state index is 5.84. The number of nitrogen functional groups attached to an aromatic ring is 1. The molecule has 1 aliphatic rings. The van der Waals surface area contributed by atoms with E-state index in [2.05, 4.69) is 15.3 Å². The van der Waals surface area contributed by atoms with E-state index in [1.807, 2.05) is 13.8 Å². The molecule has 0 bridgehead atoms. The van der Waals surface area contributed by atoms with E-state index in [1.54, 1.807) is 0 Å². The lowest BCUT2D eigenvalue weighted by molar-refractivity contribution is 0.345. The zero-order chi connectivity index (χ0) is 13.0. The van der Waals surface area contributed by atoms with E-state index < -0.39 is 0 Å². The van der Waals surface area contributed by atoms with Crippen molar-refractivity contribution in [2.75, 3.05) is 17.6 Å². The van der Waals surface area contributed by atoms with Crippen molar-refractivity contribution in [2.45, 2.75) is 52.4 Å². The maximum Gasteiger partial charge on any atom is 0.134 e. The number of aromatic nitrogens is 2. The van der Waals surface area contributed by atoms with E-state index >= 15 is 0 Å². The summed E-state index contributed by atoms with van der Waals surface area (Å²) in [6.07, 6.45) is 8.26. The second kappa shape index (κ2) is 6.03. The molecule has 3 N–H and O–H groups in total. The van der Waals surface area contributed by atoms with Crippen molar-refractivity contribution in [3.05, 3.63) is 11.4 Å². The normalized spacial score (nSPS) is 16.8. The molecule has 1 heterocycles. The van der Waals surface area contributed by atoms with Crippen molar-refractivity contribution in [3.63, 3.8) is 0 Å². The van der Waals surface area contributed by atoms with Crippen molar-refractivity contribution >= 4 is 11.6 Å². The third kappa shape index (κ3) is 3.34. The number of nitrogens with zero attached hydrogens (tertiary/aromatic N) is 2. The van der Waals surface area contributed by atoms with Gasteiger partial charge >= 0.3 is 0 Å². The van der Waals surface area contributed by atoms with Gasteiger partial charge in [0.05, 0.1) is 0 Å². The van der Waals surface area contributed by atoms with Crippen LogP contribution in [0.4, 0.5) is 11.6 Å². The Kier molecular flexibility index (Phi) is 4.39. The highest BCUT2D eigenvalue weighted by molar-refractivity contribution is 5.54. The van der Waals surface area contributed by atoms with Crippen LogP contribution in [-0.4, -0.2) is 16.5 Å². The number of anilines is 2. The van der Waals surface area contributed by atoms with Crippen LogP contribution in [0.5, 0.6) is 0 Å². The molecule has 4 heteroatoms. The Morgan fingerprint density at radius 3 is 2.61 bits per heavy atom. The second-order valence-electron chi connectivity index (χ2n) is 5.35. The van der Waals surface area contributed by atoms with Crippen LogP contribution in [0.25, 0.3) is 0 Å². The van der Waals surface area contributed by atoms with Gasteiger partial charge in [0.2, 0.25) is 0 Å². The lowest BCUT2D eigenvalue weighted by Gasteiger charge is -2.21. The smallest absolute Gasteiger partial charge is 0.134 e. The van der Waals surface area contributed by atoms with Gasteiger partial charge in [-0.3, -0.25) is 0 Å². The number of rotatable bonds is 4. The molecule has 1 saturated carbocycles. The van der Waals surface area contributed by atoms with Crippen LogP contribution in [0.1, 0.15) is 49.9 Å². The molecule has 4 nitrogen and oxygen atoms in total. The fourth-order valence-electron chi connectivity index (χ4n) is 2.69. The van der Waals surface area contributed by atoms with E-state index in [4.69, 9.17) is 5.73 Å². The lowest BCUT2D eigenvalue weighted by atomic mass is 9.87. The van der Waals surface area contributed by atoms with Gasteiger partial charge in [-0.1, -0.05) is 32.1 Å². The van der Waals surface area contributed by atoms with E-state index in [0.717, 1.165) is 29.7 Å². The van der Waals surface area contributed by atoms with Crippen LogP contribution in [0.15, 0.2) is 0 Å². The summed E-state index contributed by atoms with van der Waals surface area (Å²) < 4.78 is 0. The van der Waals surface area contributed by atoms with Crippen molar-refractivity contribution in [2.24, 2.45) is 5.92 Å². The average Bonchev–Trinajstić information content (AvgIpc) is 2.36. The van der Waals surface area contributed by atoms with E-state index in [-0.39, 0.29) is 0 Å². The van der Waals surface area contributed by atoms with Gasteiger partial charge in [0.15, 0.2) is 0 Å². The number of hydrogen-bond acceptors (Lipinski definition) is 4. The fourth-order valence-corrected chi connectivity index (χ4v) is 2.69. The average molecular weight is 248 g/mol. The molecular weight excluding hydrogens is 224 g/mol. The summed E-state index contributed by atoms with van der Waals surface area (Å²) in [4.78, 5) is 8.57. The predicted octanol–water partition coefficient (Wildman–Crippen LogP) is 3.06. The topological polar surface area (TPSA) is 63.8 Å². The summed E-state index contributed by atoms with van der Waals surface area (Å²) in [6.45, 7) is 4.83. The molecule has 1 aromatic heterocycles. The van der Waals surface area contributed by atoms with Gasteiger partial charge in [-0.05, 0) is 26.2 Å². The van der Waals surface area contributed by atoms with Crippen molar-refractivity contribution in [1.29, 1.82) is 0 Å². The summed E-state index contributed by atoms with van der Waals surface area (Å²) in [5.74, 6) is 3.11. The van der Waals surface area contributed by atoms with Crippen LogP contribution >= 0.6 is 0 Å². The summed E-state index contributed by atoms with van der Waals surface area (Å²) in [6, 6.07) is 0. The Balaban J connectivity index is 1.86. The number of nitrogens with one attached hydrogen (secondary N) is 1. The molecule has 0 unspecified atom stereocenters. The Bertz CT molecular complexity index is 397. The van der Waals surface area contributed by atoms with Crippen LogP contribution in [-0.2, 0) is 0 Å². The lowest BCUT2D eigenvalue weighted by Crippen LogP contribution is -2.14. The number of aryl methyl sites for hydroxylation is 1. The monoisotopic (exact) mass is 248 g/mol. The molecule has 18 heavy (non-hydrogen) atoms. The van der Waals surface area contributed by atoms with E-state index in [0.29, 0.717) is 5.82 Å². The molecular formula is C14H24N4. The highest BCUT2D eigenvalue weighted by atomic mass is 15.0. The maximum atomic E-state index is 5.84. The number of hydrogen-bond donors (Lipinski definition) is 2. The molecule has 0 aliphatic heterocycles. The minimum absolute atomic E-state index is 0.586. The van der Waals surface area contributed by atoms with Crippen molar-refractivity contribution < 1.29 is 0 Å². The highest BCUT2D eigenvalue weighted by Gasteiger charge is 2.13. The van der Waals surface area contributed by atoms with Gasteiger partial charge in [0.1, 0.15) is 17.5 Å². The van der Waals surface area contributed by atoms with Gasteiger partial charge in [0, 0.05) is 12.1 Å². The van der Waals surface area contributed by atoms with Crippen molar-refractivity contribution in [3.8, 4) is 0 Å². The summed E-state index contributed by atoms with van der Waals surface area (Å²) in [5.41, 5.74) is 6.81. The molecule has 0 amide bonds. The summed E-state index contributed by atoms with van der Waals surface area (Å²) >= 11 is 0. The molecule has 0 radical (unpaired) electrons. The molecule has 1 fully saturated rings. The molecule has 0 spiro atoms. The quantitative estimate of drug-likeness (QED) is 0.859. The zero-order valence-electron chi connectivity index (χ0n) is 11.5. The van der Waals surface area contributed by atoms with Crippen LogP contribution in [0.3, 0.4) is 0 Å². The van der Waals surface area contributed by atoms with Gasteiger partial charge < -0.3 is 11.1 Å². The SMILES string of the molecule is Cc1nc(N)c(C)c(NCCC2CCCCC2)n1. The van der Waals surface area contributed by atoms with Crippen molar-refractivity contribution in [1.82, 2.24) is 9.97 Å². The highest BCUT2D eigenvalue weighted by Crippen LogP contribution is 2.26. The molecule has 1 aliphatic carbocycles. The molecule has 1 aromatic rings. The van der Waals surface area contributed by atoms with Gasteiger partial charge in [-0.15, -0.1) is 0 Å². The number of nitrogens with two attached hydrogens (primary N) is 1. The van der Waals surface area contributed by atoms with E-state index in [9.17, 15) is 0 Å². The van der Waals surface area contributed by atoms with Gasteiger partial charge in [-0.2, -0.15) is 0 Å². The Morgan fingerprint density at radius 2 is 1.89 bits per heavy atom. The minimum atomic E-state index is 0.586. The third-order valence-corrected chi connectivity index (χ3v) is 3.87. The van der Waals surface area contributed by atoms with Crippen LogP contribution in [0, 0.1) is 19.8 Å². The molecule has 0 atom stereocenters. The zero-order valence-corrected chi connectivity index (χ0v) is 11.5. The first-order valence-electron chi connectivity index (χ1n) is 7.01. The Morgan fingerprint density at radius 1 is 1.17 bits per heavy atom. The second-order valence-corrected chi connectivity index (χ2v) is 5.35. The van der Waals surface area contributed by atoms with E-state index in [1.165, 1.54) is 38.5 Å². The molecule has 100 valence electrons. The largest absolute Gasteiger partial charge is 0.383 e. The molecule has 0 aromatic carbocycles. The molecule has 2 rings (SSSR count). The first kappa shape index (κ1) is 13.1. The first-order valence-corrected chi connectivity index (χ1v) is 7.01. The van der Waals surface area contributed by atoms with Crippen LogP contribution < -0.4 is 11.1 Å². The van der Waals surface area contributed by atoms with Gasteiger partial charge in [-0.25, -0.2) is 9.97 Å². The first-order chi connectivity index (χ1) is 8.66. The Labute approximate surface area is 109 Å². The van der Waals surface area contributed by atoms with Crippen LogP contribution in [0.2, 0.25) is 0 Å². The summed E-state index contributed by atoms with van der Waals surface area (Å²) in [5, 5.41) is 3.41. The van der Waals surface area contributed by atoms with Gasteiger partial charge in [0.25, 0.3) is 0 Å². The summed E-state index contributed by atoms with van der Waals surface area (Å²) in [7, 11) is 0.